The van der Waals surface area contributed by atoms with Crippen molar-refractivity contribution in [1.29, 1.82) is 0 Å². The number of halogens is 1. The molecule has 0 saturated heterocycles. The van der Waals surface area contributed by atoms with Gasteiger partial charge in [0.15, 0.2) is 0 Å². The summed E-state index contributed by atoms with van der Waals surface area (Å²) in [6, 6.07) is 12.1. The molecule has 1 heterocycles. The van der Waals surface area contributed by atoms with E-state index in [1.165, 1.54) is 0 Å². The highest BCUT2D eigenvalue weighted by Crippen LogP contribution is 2.32. The van der Waals surface area contributed by atoms with E-state index >= 15 is 0 Å². The van der Waals surface area contributed by atoms with Gasteiger partial charge in [0.05, 0.1) is 25.2 Å². The zero-order valence-electron chi connectivity index (χ0n) is 18.6. The second kappa shape index (κ2) is 9.41. The van der Waals surface area contributed by atoms with Gasteiger partial charge in [-0.15, -0.1) is 0 Å². The number of nitrogens with zero attached hydrogens (tertiary/aromatic N) is 1. The molecule has 2 aromatic carbocycles. The summed E-state index contributed by atoms with van der Waals surface area (Å²) in [6.45, 7) is 5.88. The van der Waals surface area contributed by atoms with Crippen molar-refractivity contribution < 1.29 is 24.2 Å². The first-order chi connectivity index (χ1) is 15.8. The third-order valence-corrected chi connectivity index (χ3v) is 6.58. The molecule has 0 unspecified atom stereocenters. The summed E-state index contributed by atoms with van der Waals surface area (Å²) in [7, 11) is 1.57. The number of fused-ring (bicyclic) bond motifs is 1. The summed E-state index contributed by atoms with van der Waals surface area (Å²) in [5.74, 6) is -0.253. The first kappa shape index (κ1) is 23.1. The Morgan fingerprint density at radius 2 is 1.94 bits per heavy atom. The van der Waals surface area contributed by atoms with Crippen molar-refractivity contribution in [3.63, 3.8) is 0 Å². The predicted molar refractivity (Wildman–Crippen MR) is 127 cm³/mol. The number of methoxy groups -OCH3 is 1. The fourth-order valence-electron chi connectivity index (χ4n) is 4.39. The lowest BCUT2D eigenvalue weighted by atomic mass is 10.0. The maximum absolute atomic E-state index is 13.4. The molecule has 7 heteroatoms. The highest BCUT2D eigenvalue weighted by molar-refractivity contribution is 6.30. The van der Waals surface area contributed by atoms with Gasteiger partial charge in [0.25, 0.3) is 5.91 Å². The van der Waals surface area contributed by atoms with Crippen molar-refractivity contribution in [2.24, 2.45) is 5.92 Å². The number of benzene rings is 2. The van der Waals surface area contributed by atoms with E-state index in [2.05, 4.69) is 6.58 Å². The van der Waals surface area contributed by atoms with E-state index < -0.39 is 12.1 Å². The van der Waals surface area contributed by atoms with Crippen LogP contribution < -0.4 is 4.74 Å². The molecular weight excluding hydrogens is 442 g/mol. The Morgan fingerprint density at radius 1 is 1.21 bits per heavy atom. The van der Waals surface area contributed by atoms with Crippen molar-refractivity contribution >= 4 is 34.4 Å². The Bertz CT molecular complexity index is 1230. The van der Waals surface area contributed by atoms with Crippen molar-refractivity contribution in [2.45, 2.75) is 32.3 Å². The maximum Gasteiger partial charge on any atom is 0.310 e. The quantitative estimate of drug-likeness (QED) is 0.419. The van der Waals surface area contributed by atoms with Gasteiger partial charge in [-0.3, -0.25) is 14.2 Å². The van der Waals surface area contributed by atoms with Crippen LogP contribution in [0.15, 0.2) is 54.6 Å². The van der Waals surface area contributed by atoms with Crippen molar-refractivity contribution in [3.8, 4) is 5.75 Å². The summed E-state index contributed by atoms with van der Waals surface area (Å²) in [4.78, 5) is 26.1. The first-order valence-corrected chi connectivity index (χ1v) is 11.2. The Labute approximate surface area is 197 Å². The molecule has 172 valence electrons. The summed E-state index contributed by atoms with van der Waals surface area (Å²) in [5, 5.41) is 11.4. The van der Waals surface area contributed by atoms with E-state index in [-0.39, 0.29) is 24.9 Å². The molecule has 6 nitrogen and oxygen atoms in total. The summed E-state index contributed by atoms with van der Waals surface area (Å²) in [6.07, 6.45) is 0.837. The standard InChI is InChI=1S/C26H26ClNO5/c1-15-4-11-24(29)22(15)14-33-25(30)13-20-16(2)28(23-10-9-19(32-3)12-21(20)23)26(31)17-5-7-18(27)8-6-17/h5-10,12,22,24,29H,1,4,11,13-14H2,2-3H3/t22-,24-/m0/s1. The van der Waals surface area contributed by atoms with Crippen LogP contribution in [-0.4, -0.2) is 41.4 Å². The minimum Gasteiger partial charge on any atom is -0.497 e. The number of rotatable bonds is 6. The molecule has 1 saturated carbocycles. The molecule has 0 aliphatic heterocycles. The predicted octanol–water partition coefficient (Wildman–Crippen LogP) is 4.71. The van der Waals surface area contributed by atoms with E-state index in [0.717, 1.165) is 17.4 Å². The van der Waals surface area contributed by atoms with Crippen LogP contribution in [0.1, 0.15) is 34.5 Å². The molecule has 1 aromatic heterocycles. The molecule has 1 N–H and O–H groups in total. The maximum atomic E-state index is 13.4. The minimum atomic E-state index is -0.532. The normalized spacial score (nSPS) is 18.0. The van der Waals surface area contributed by atoms with Gasteiger partial charge in [0.1, 0.15) is 12.4 Å². The third kappa shape index (κ3) is 4.54. The minimum absolute atomic E-state index is 0.00824. The second-order valence-corrected chi connectivity index (χ2v) is 8.76. The molecule has 1 aliphatic rings. The van der Waals surface area contributed by atoms with E-state index in [9.17, 15) is 14.7 Å². The van der Waals surface area contributed by atoms with Gasteiger partial charge >= 0.3 is 5.97 Å². The van der Waals surface area contributed by atoms with Crippen LogP contribution in [0.5, 0.6) is 5.75 Å². The topological polar surface area (TPSA) is 77.8 Å². The monoisotopic (exact) mass is 467 g/mol. The lowest BCUT2D eigenvalue weighted by Gasteiger charge is -2.15. The van der Waals surface area contributed by atoms with Gasteiger partial charge in [-0.2, -0.15) is 0 Å². The molecule has 0 bridgehead atoms. The zero-order valence-corrected chi connectivity index (χ0v) is 19.4. The van der Waals surface area contributed by atoms with Crippen LogP contribution in [0.3, 0.4) is 0 Å². The van der Waals surface area contributed by atoms with Gasteiger partial charge in [0, 0.05) is 27.6 Å². The van der Waals surface area contributed by atoms with Gasteiger partial charge in [-0.1, -0.05) is 23.8 Å². The number of ether oxygens (including phenoxy) is 2. The lowest BCUT2D eigenvalue weighted by molar-refractivity contribution is -0.144. The summed E-state index contributed by atoms with van der Waals surface area (Å²) < 4.78 is 12.5. The Morgan fingerprint density at radius 3 is 2.58 bits per heavy atom. The highest BCUT2D eigenvalue weighted by Gasteiger charge is 2.30. The van der Waals surface area contributed by atoms with Gasteiger partial charge in [-0.05, 0) is 67.8 Å². The van der Waals surface area contributed by atoms with Gasteiger partial charge in [-0.25, -0.2) is 0 Å². The van der Waals surface area contributed by atoms with E-state index in [1.54, 1.807) is 42.0 Å². The van der Waals surface area contributed by atoms with Crippen LogP contribution in [0, 0.1) is 12.8 Å². The van der Waals surface area contributed by atoms with Crippen LogP contribution in [0.4, 0.5) is 0 Å². The zero-order chi connectivity index (χ0) is 23.7. The average molecular weight is 468 g/mol. The lowest BCUT2D eigenvalue weighted by Crippen LogP contribution is -2.23. The van der Waals surface area contributed by atoms with Crippen molar-refractivity contribution in [2.75, 3.05) is 13.7 Å². The molecule has 4 rings (SSSR count). The number of aliphatic hydroxyl groups is 1. The van der Waals surface area contributed by atoms with Crippen LogP contribution in [0.2, 0.25) is 5.02 Å². The Kier molecular flexibility index (Phi) is 6.58. The molecule has 0 amide bonds. The number of carbonyl (C=O) groups excluding carboxylic acids is 2. The number of hydrogen-bond acceptors (Lipinski definition) is 5. The average Bonchev–Trinajstić information content (AvgIpc) is 3.27. The van der Waals surface area contributed by atoms with Crippen molar-refractivity contribution in [3.05, 3.63) is 76.5 Å². The molecular formula is C26H26ClNO5. The number of hydrogen-bond donors (Lipinski definition) is 1. The smallest absolute Gasteiger partial charge is 0.310 e. The molecule has 0 radical (unpaired) electrons. The molecule has 3 aromatic rings. The molecule has 1 aliphatic carbocycles. The van der Waals surface area contributed by atoms with Crippen LogP contribution in [-0.2, 0) is 16.0 Å². The molecule has 1 fully saturated rings. The fourth-order valence-corrected chi connectivity index (χ4v) is 4.52. The van der Waals surface area contributed by atoms with E-state index in [4.69, 9.17) is 21.1 Å². The fraction of sp³-hybridized carbons (Fsp3) is 0.308. The number of esters is 1. The summed E-state index contributed by atoms with van der Waals surface area (Å²) in [5.41, 5.74) is 3.41. The molecule has 2 atom stereocenters. The first-order valence-electron chi connectivity index (χ1n) is 10.8. The SMILES string of the molecule is C=C1CC[C@H](O)[C@H]1COC(=O)Cc1c(C)n(C(=O)c2ccc(Cl)cc2)c2ccc(OC)cc12. The molecule has 33 heavy (non-hydrogen) atoms. The van der Waals surface area contributed by atoms with Crippen molar-refractivity contribution in [1.82, 2.24) is 4.57 Å². The van der Waals surface area contributed by atoms with E-state index in [1.807, 2.05) is 19.1 Å². The third-order valence-electron chi connectivity index (χ3n) is 6.33. The number of aromatic nitrogens is 1. The Balaban J connectivity index is 1.66. The number of carbonyl (C=O) groups is 2. The van der Waals surface area contributed by atoms with Crippen LogP contribution in [0.25, 0.3) is 10.9 Å². The Hall–Kier alpha value is -3.09. The highest BCUT2D eigenvalue weighted by atomic mass is 35.5. The van der Waals surface area contributed by atoms with Crippen LogP contribution >= 0.6 is 11.6 Å². The largest absolute Gasteiger partial charge is 0.497 e. The van der Waals surface area contributed by atoms with Gasteiger partial charge in [0.2, 0.25) is 0 Å². The number of aliphatic hydroxyl groups excluding tert-OH is 1. The molecule has 0 spiro atoms. The second-order valence-electron chi connectivity index (χ2n) is 8.33. The van der Waals surface area contributed by atoms with E-state index in [0.29, 0.717) is 39.5 Å². The summed E-state index contributed by atoms with van der Waals surface area (Å²) >= 11 is 5.97. The van der Waals surface area contributed by atoms with Gasteiger partial charge < -0.3 is 14.6 Å².